The summed E-state index contributed by atoms with van der Waals surface area (Å²) < 4.78 is 13.1. The number of piperazine rings is 1. The third kappa shape index (κ3) is 3.21. The van der Waals surface area contributed by atoms with Crippen molar-refractivity contribution in [2.45, 2.75) is 19.8 Å². The van der Waals surface area contributed by atoms with E-state index in [4.69, 9.17) is 0 Å². The number of hydrogen-bond acceptors (Lipinski definition) is 5. The van der Waals surface area contributed by atoms with E-state index in [-0.39, 0.29) is 11.6 Å². The van der Waals surface area contributed by atoms with Crippen molar-refractivity contribution < 1.29 is 9.18 Å². The molecule has 0 bridgehead atoms. The Morgan fingerprint density at radius 1 is 1.04 bits per heavy atom. The van der Waals surface area contributed by atoms with E-state index in [9.17, 15) is 9.18 Å². The molecule has 4 rings (SSSR count). The lowest BCUT2D eigenvalue weighted by Gasteiger charge is -2.36. The van der Waals surface area contributed by atoms with Crippen molar-refractivity contribution >= 4 is 17.4 Å². The smallest absolute Gasteiger partial charge is 0.225 e. The lowest BCUT2D eigenvalue weighted by atomic mass is 9.88. The second-order valence-electron chi connectivity index (χ2n) is 6.92. The molecular formula is C19H21FN4O. The monoisotopic (exact) mass is 340 g/mol. The number of anilines is 2. The summed E-state index contributed by atoms with van der Waals surface area (Å²) in [5.41, 5.74) is 2.60. The number of halogens is 1. The fraction of sp³-hybridized carbons (Fsp3) is 0.421. The van der Waals surface area contributed by atoms with Crippen LogP contribution in [0.3, 0.4) is 0 Å². The summed E-state index contributed by atoms with van der Waals surface area (Å²) in [6.45, 7) is 5.37. The molecule has 1 aromatic carbocycles. The van der Waals surface area contributed by atoms with Crippen molar-refractivity contribution in [1.29, 1.82) is 0 Å². The molecule has 25 heavy (non-hydrogen) atoms. The zero-order valence-electron chi connectivity index (χ0n) is 14.3. The molecule has 1 aromatic heterocycles. The second-order valence-corrected chi connectivity index (χ2v) is 6.92. The van der Waals surface area contributed by atoms with E-state index in [1.54, 1.807) is 6.20 Å². The third-order valence-corrected chi connectivity index (χ3v) is 4.99. The Morgan fingerprint density at radius 2 is 1.72 bits per heavy atom. The topological polar surface area (TPSA) is 49.3 Å². The molecule has 1 fully saturated rings. The number of ketones is 1. The summed E-state index contributed by atoms with van der Waals surface area (Å²) in [6, 6.07) is 6.61. The number of benzene rings is 1. The van der Waals surface area contributed by atoms with Crippen LogP contribution >= 0.6 is 0 Å². The Morgan fingerprint density at radius 3 is 2.44 bits per heavy atom. The van der Waals surface area contributed by atoms with Crippen molar-refractivity contribution in [2.75, 3.05) is 36.0 Å². The highest BCUT2D eigenvalue weighted by Gasteiger charge is 2.26. The van der Waals surface area contributed by atoms with Crippen molar-refractivity contribution in [2.24, 2.45) is 5.92 Å². The average Bonchev–Trinajstić information content (AvgIpc) is 2.62. The Balaban J connectivity index is 1.47. The fourth-order valence-electron chi connectivity index (χ4n) is 3.59. The van der Waals surface area contributed by atoms with Gasteiger partial charge >= 0.3 is 0 Å². The first-order valence-corrected chi connectivity index (χ1v) is 8.75. The van der Waals surface area contributed by atoms with Crippen molar-refractivity contribution in [3.8, 4) is 0 Å². The van der Waals surface area contributed by atoms with Gasteiger partial charge in [0.2, 0.25) is 5.95 Å². The molecule has 0 radical (unpaired) electrons. The molecule has 6 heteroatoms. The van der Waals surface area contributed by atoms with E-state index in [0.29, 0.717) is 23.9 Å². The number of rotatable bonds is 2. The summed E-state index contributed by atoms with van der Waals surface area (Å²) in [7, 11) is 0. The Labute approximate surface area is 146 Å². The minimum atomic E-state index is -0.214. The van der Waals surface area contributed by atoms with Crippen LogP contribution in [0.15, 0.2) is 30.5 Å². The zero-order chi connectivity index (χ0) is 17.4. The standard InChI is InChI=1S/C19H21FN4O/c1-13-10-17-16(18(25)11-13)12-21-19(22-17)24-8-6-23(7-9-24)15-4-2-14(20)3-5-15/h2-5,12-13H,6-11H2,1H3/t13-/m0/s1. The van der Waals surface area contributed by atoms with Crippen molar-refractivity contribution in [3.05, 3.63) is 47.5 Å². The van der Waals surface area contributed by atoms with E-state index in [1.807, 2.05) is 12.1 Å². The van der Waals surface area contributed by atoms with E-state index >= 15 is 0 Å². The van der Waals surface area contributed by atoms with Gasteiger partial charge in [0.15, 0.2) is 5.78 Å². The first-order chi connectivity index (χ1) is 12.1. The van der Waals surface area contributed by atoms with Gasteiger partial charge in [0.05, 0.1) is 11.3 Å². The van der Waals surface area contributed by atoms with Gasteiger partial charge in [-0.15, -0.1) is 0 Å². The van der Waals surface area contributed by atoms with Gasteiger partial charge in [0.25, 0.3) is 0 Å². The van der Waals surface area contributed by atoms with Gasteiger partial charge in [0, 0.05) is 44.5 Å². The van der Waals surface area contributed by atoms with Gasteiger partial charge in [-0.3, -0.25) is 4.79 Å². The summed E-state index contributed by atoms with van der Waals surface area (Å²) in [5.74, 6) is 0.993. The predicted octanol–water partition coefficient (Wildman–Crippen LogP) is 2.71. The number of fused-ring (bicyclic) bond motifs is 1. The first kappa shape index (κ1) is 16.0. The number of nitrogens with zero attached hydrogens (tertiary/aromatic N) is 4. The molecule has 0 amide bonds. The maximum atomic E-state index is 13.1. The minimum absolute atomic E-state index is 0.154. The summed E-state index contributed by atoms with van der Waals surface area (Å²) in [4.78, 5) is 25.6. The second kappa shape index (κ2) is 6.43. The zero-order valence-corrected chi connectivity index (χ0v) is 14.3. The summed E-state index contributed by atoms with van der Waals surface area (Å²) >= 11 is 0. The maximum Gasteiger partial charge on any atom is 0.225 e. The molecule has 0 spiro atoms. The van der Waals surface area contributed by atoms with Crippen LogP contribution in [0.5, 0.6) is 0 Å². The number of Topliss-reactive ketones (excluding diaryl/α,β-unsaturated/α-hetero) is 1. The highest BCUT2D eigenvalue weighted by molar-refractivity contribution is 5.98. The summed E-state index contributed by atoms with van der Waals surface area (Å²) in [5, 5.41) is 0. The molecule has 0 unspecified atom stereocenters. The van der Waals surface area contributed by atoms with Crippen LogP contribution in [-0.4, -0.2) is 41.9 Å². The number of aromatic nitrogens is 2. The van der Waals surface area contributed by atoms with Gasteiger partial charge in [0.1, 0.15) is 5.82 Å². The molecule has 1 saturated heterocycles. The molecule has 2 aliphatic rings. The van der Waals surface area contributed by atoms with Gasteiger partial charge in [-0.1, -0.05) is 6.92 Å². The molecule has 2 heterocycles. The molecule has 1 atom stereocenters. The van der Waals surface area contributed by atoms with Crippen LogP contribution in [0.2, 0.25) is 0 Å². The molecule has 0 N–H and O–H groups in total. The maximum absolute atomic E-state index is 13.1. The van der Waals surface area contributed by atoms with Crippen LogP contribution in [0.1, 0.15) is 29.4 Å². The van der Waals surface area contributed by atoms with Crippen LogP contribution in [-0.2, 0) is 6.42 Å². The molecule has 130 valence electrons. The molecule has 5 nitrogen and oxygen atoms in total. The Kier molecular flexibility index (Phi) is 4.11. The summed E-state index contributed by atoms with van der Waals surface area (Å²) in [6.07, 6.45) is 3.12. The number of carbonyl (C=O) groups excluding carboxylic acids is 1. The van der Waals surface area contributed by atoms with Crippen LogP contribution < -0.4 is 9.80 Å². The minimum Gasteiger partial charge on any atom is -0.368 e. The van der Waals surface area contributed by atoms with Crippen molar-refractivity contribution in [1.82, 2.24) is 9.97 Å². The SMILES string of the molecule is C[C@@H]1CC(=O)c2cnc(N3CCN(c4ccc(F)cc4)CC3)nc2C1. The van der Waals surface area contributed by atoms with Crippen LogP contribution in [0.25, 0.3) is 0 Å². The van der Waals surface area contributed by atoms with Gasteiger partial charge in [-0.05, 0) is 36.6 Å². The predicted molar refractivity (Wildman–Crippen MR) is 94.7 cm³/mol. The Hall–Kier alpha value is -2.50. The largest absolute Gasteiger partial charge is 0.368 e. The molecule has 0 saturated carbocycles. The number of carbonyl (C=O) groups is 1. The fourth-order valence-corrected chi connectivity index (χ4v) is 3.59. The lowest BCUT2D eigenvalue weighted by Crippen LogP contribution is -2.47. The van der Waals surface area contributed by atoms with E-state index in [2.05, 4.69) is 26.7 Å². The average molecular weight is 340 g/mol. The van der Waals surface area contributed by atoms with E-state index in [0.717, 1.165) is 44.0 Å². The highest BCUT2D eigenvalue weighted by Crippen LogP contribution is 2.25. The van der Waals surface area contributed by atoms with Crippen LogP contribution in [0, 0.1) is 11.7 Å². The molecule has 1 aliphatic carbocycles. The molecule has 1 aliphatic heterocycles. The molecular weight excluding hydrogens is 319 g/mol. The van der Waals surface area contributed by atoms with E-state index in [1.165, 1.54) is 12.1 Å². The Bertz CT molecular complexity index is 785. The van der Waals surface area contributed by atoms with E-state index < -0.39 is 0 Å². The third-order valence-electron chi connectivity index (χ3n) is 4.99. The van der Waals surface area contributed by atoms with Crippen molar-refractivity contribution in [3.63, 3.8) is 0 Å². The first-order valence-electron chi connectivity index (χ1n) is 8.75. The quantitative estimate of drug-likeness (QED) is 0.841. The lowest BCUT2D eigenvalue weighted by molar-refractivity contribution is 0.0951. The van der Waals surface area contributed by atoms with Gasteiger partial charge in [-0.25, -0.2) is 14.4 Å². The number of hydrogen-bond donors (Lipinski definition) is 0. The van der Waals surface area contributed by atoms with Gasteiger partial charge < -0.3 is 9.80 Å². The normalized spacial score (nSPS) is 20.6. The van der Waals surface area contributed by atoms with Crippen LogP contribution in [0.4, 0.5) is 16.0 Å². The highest BCUT2D eigenvalue weighted by atomic mass is 19.1. The van der Waals surface area contributed by atoms with Gasteiger partial charge in [-0.2, -0.15) is 0 Å². The molecule has 2 aromatic rings.